The number of nitrogens with one attached hydrogen (secondary N) is 3. The Hall–Kier alpha value is -2.45. The van der Waals surface area contributed by atoms with Gasteiger partial charge in [0.2, 0.25) is 5.95 Å². The first-order valence-electron chi connectivity index (χ1n) is 10.6. The van der Waals surface area contributed by atoms with Crippen LogP contribution in [0.5, 0.6) is 0 Å². The van der Waals surface area contributed by atoms with Crippen molar-refractivity contribution >= 4 is 35.0 Å². The molecule has 0 saturated carbocycles. The van der Waals surface area contributed by atoms with Crippen LogP contribution < -0.4 is 16.0 Å². The van der Waals surface area contributed by atoms with Crippen LogP contribution in [0.1, 0.15) is 49.9 Å². The Morgan fingerprint density at radius 3 is 2.90 bits per heavy atom. The molecule has 2 fully saturated rings. The van der Waals surface area contributed by atoms with Gasteiger partial charge in [0.15, 0.2) is 11.6 Å². The van der Waals surface area contributed by atoms with E-state index in [9.17, 15) is 9.18 Å². The Balaban J connectivity index is 1.49. The molecule has 1 amide bonds. The maximum Gasteiger partial charge on any atom is 0.252 e. The number of fused-ring (bicyclic) bond motifs is 1. The van der Waals surface area contributed by atoms with E-state index in [-0.39, 0.29) is 29.3 Å². The summed E-state index contributed by atoms with van der Waals surface area (Å²) in [6, 6.07) is 5.61. The lowest BCUT2D eigenvalue weighted by Crippen LogP contribution is -2.55. The lowest BCUT2D eigenvalue weighted by Gasteiger charge is -2.47. The smallest absolute Gasteiger partial charge is 0.252 e. The molecule has 166 valence electrons. The number of halogens is 2. The van der Waals surface area contributed by atoms with E-state index in [2.05, 4.69) is 44.7 Å². The van der Waals surface area contributed by atoms with Gasteiger partial charge >= 0.3 is 0 Å². The van der Waals surface area contributed by atoms with Crippen molar-refractivity contribution in [2.75, 3.05) is 24.2 Å². The molecule has 2 saturated heterocycles. The number of carbonyl (C=O) groups is 1. The third kappa shape index (κ3) is 4.60. The molecule has 0 aliphatic carbocycles. The number of piperidine rings is 1. The summed E-state index contributed by atoms with van der Waals surface area (Å²) < 4.78 is 14.5. The van der Waals surface area contributed by atoms with Crippen LogP contribution in [-0.4, -0.2) is 52.0 Å². The van der Waals surface area contributed by atoms with Gasteiger partial charge < -0.3 is 16.0 Å². The SMILES string of the molecule is CNC(=O)c1ccc(Nc2ncc(F)c(NC3CC4CCCN4C(C)(C)C3)n2)cc1Cl. The number of aromatic nitrogens is 2. The molecule has 0 radical (unpaired) electrons. The Morgan fingerprint density at radius 1 is 1.35 bits per heavy atom. The summed E-state index contributed by atoms with van der Waals surface area (Å²) in [6.07, 6.45) is 5.47. The van der Waals surface area contributed by atoms with Gasteiger partial charge in [0.1, 0.15) is 0 Å². The summed E-state index contributed by atoms with van der Waals surface area (Å²) in [5, 5.41) is 9.19. The van der Waals surface area contributed by atoms with E-state index in [4.69, 9.17) is 11.6 Å². The third-order valence-electron chi connectivity index (χ3n) is 6.24. The van der Waals surface area contributed by atoms with Crippen molar-refractivity contribution in [2.24, 2.45) is 0 Å². The predicted octanol–water partition coefficient (Wildman–Crippen LogP) is 4.19. The van der Waals surface area contributed by atoms with Crippen molar-refractivity contribution in [1.82, 2.24) is 20.2 Å². The second kappa shape index (κ2) is 8.59. The molecule has 3 heterocycles. The molecular formula is C22H28ClFN6O. The first-order chi connectivity index (χ1) is 14.8. The molecule has 2 aliphatic rings. The Morgan fingerprint density at radius 2 is 2.16 bits per heavy atom. The van der Waals surface area contributed by atoms with Crippen molar-refractivity contribution in [2.45, 2.75) is 57.2 Å². The molecule has 2 aromatic rings. The second-order valence-corrected chi connectivity index (χ2v) is 9.28. The van der Waals surface area contributed by atoms with Crippen LogP contribution >= 0.6 is 11.6 Å². The van der Waals surface area contributed by atoms with Crippen LogP contribution in [0.4, 0.5) is 21.8 Å². The number of benzene rings is 1. The summed E-state index contributed by atoms with van der Waals surface area (Å²) >= 11 is 6.21. The minimum absolute atomic E-state index is 0.0744. The molecule has 4 rings (SSSR count). The molecule has 1 aromatic heterocycles. The van der Waals surface area contributed by atoms with Gasteiger partial charge in [-0.05, 0) is 64.3 Å². The van der Waals surface area contributed by atoms with Crippen LogP contribution in [0.25, 0.3) is 0 Å². The fourth-order valence-electron chi connectivity index (χ4n) is 4.88. The zero-order valence-corrected chi connectivity index (χ0v) is 18.8. The first kappa shape index (κ1) is 21.8. The van der Waals surface area contributed by atoms with Crippen LogP contribution in [0.3, 0.4) is 0 Å². The van der Waals surface area contributed by atoms with Gasteiger partial charge in [-0.1, -0.05) is 11.6 Å². The molecule has 2 unspecified atom stereocenters. The summed E-state index contributed by atoms with van der Waals surface area (Å²) in [5.41, 5.74) is 1.05. The zero-order chi connectivity index (χ0) is 22.2. The van der Waals surface area contributed by atoms with Gasteiger partial charge in [-0.25, -0.2) is 9.37 Å². The maximum atomic E-state index is 14.5. The van der Waals surface area contributed by atoms with Crippen molar-refractivity contribution in [1.29, 1.82) is 0 Å². The van der Waals surface area contributed by atoms with E-state index in [1.165, 1.54) is 12.8 Å². The molecule has 31 heavy (non-hydrogen) atoms. The minimum atomic E-state index is -0.481. The highest BCUT2D eigenvalue weighted by atomic mass is 35.5. The quantitative estimate of drug-likeness (QED) is 0.638. The van der Waals surface area contributed by atoms with Gasteiger partial charge in [-0.15, -0.1) is 0 Å². The van der Waals surface area contributed by atoms with E-state index in [1.807, 2.05) is 0 Å². The fourth-order valence-corrected chi connectivity index (χ4v) is 5.15. The molecule has 9 heteroatoms. The van der Waals surface area contributed by atoms with Gasteiger partial charge in [0, 0.05) is 30.4 Å². The number of anilines is 3. The lowest BCUT2D eigenvalue weighted by molar-refractivity contribution is 0.0500. The van der Waals surface area contributed by atoms with Crippen LogP contribution in [-0.2, 0) is 0 Å². The standard InChI is InChI=1S/C22H28ClFN6O/c1-22(2)11-14(9-15-5-4-8-30(15)22)27-19-18(24)12-26-21(29-19)28-13-6-7-16(17(23)10-13)20(31)25-3/h6-7,10,12,14-15H,4-5,8-9,11H2,1-3H3,(H,25,31)(H2,26,27,28,29). The fraction of sp³-hybridized carbons (Fsp3) is 0.500. The topological polar surface area (TPSA) is 82.2 Å². The highest BCUT2D eigenvalue weighted by molar-refractivity contribution is 6.34. The second-order valence-electron chi connectivity index (χ2n) is 8.87. The average molecular weight is 447 g/mol. The zero-order valence-electron chi connectivity index (χ0n) is 18.0. The molecule has 2 atom stereocenters. The number of hydrogen-bond donors (Lipinski definition) is 3. The summed E-state index contributed by atoms with van der Waals surface area (Å²) in [7, 11) is 1.55. The monoisotopic (exact) mass is 446 g/mol. The van der Waals surface area contributed by atoms with E-state index in [0.717, 1.165) is 25.6 Å². The van der Waals surface area contributed by atoms with Crippen molar-refractivity contribution in [3.8, 4) is 0 Å². The highest BCUT2D eigenvalue weighted by Crippen LogP contribution is 2.38. The number of carbonyl (C=O) groups excluding carboxylic acids is 1. The first-order valence-corrected chi connectivity index (χ1v) is 11.0. The molecule has 7 nitrogen and oxygen atoms in total. The normalized spacial score (nSPS) is 22.6. The molecule has 3 N–H and O–H groups in total. The largest absolute Gasteiger partial charge is 0.365 e. The van der Waals surface area contributed by atoms with Crippen LogP contribution in [0.15, 0.2) is 24.4 Å². The molecule has 2 aliphatic heterocycles. The van der Waals surface area contributed by atoms with E-state index in [1.54, 1.807) is 25.2 Å². The number of amides is 1. The van der Waals surface area contributed by atoms with Gasteiger partial charge in [-0.3, -0.25) is 9.69 Å². The number of nitrogens with zero attached hydrogens (tertiary/aromatic N) is 3. The lowest BCUT2D eigenvalue weighted by atomic mass is 9.84. The Bertz CT molecular complexity index is 984. The molecule has 0 spiro atoms. The average Bonchev–Trinajstić information content (AvgIpc) is 3.19. The van der Waals surface area contributed by atoms with Crippen molar-refractivity contribution in [3.05, 3.63) is 40.8 Å². The summed E-state index contributed by atoms with van der Waals surface area (Å²) in [5.74, 6) is -0.300. The number of rotatable bonds is 5. The summed E-state index contributed by atoms with van der Waals surface area (Å²) in [4.78, 5) is 22.8. The van der Waals surface area contributed by atoms with Gasteiger partial charge in [0.25, 0.3) is 5.91 Å². The third-order valence-corrected chi connectivity index (χ3v) is 6.55. The van der Waals surface area contributed by atoms with Crippen molar-refractivity contribution in [3.63, 3.8) is 0 Å². The van der Waals surface area contributed by atoms with Crippen LogP contribution in [0.2, 0.25) is 5.02 Å². The van der Waals surface area contributed by atoms with Crippen molar-refractivity contribution < 1.29 is 9.18 Å². The number of hydrogen-bond acceptors (Lipinski definition) is 6. The molecule has 0 bridgehead atoms. The van der Waals surface area contributed by atoms with Gasteiger partial charge in [-0.2, -0.15) is 4.98 Å². The molecule has 1 aromatic carbocycles. The minimum Gasteiger partial charge on any atom is -0.365 e. The Kier molecular flexibility index (Phi) is 6.03. The van der Waals surface area contributed by atoms with E-state index >= 15 is 0 Å². The van der Waals surface area contributed by atoms with E-state index in [0.29, 0.717) is 22.3 Å². The van der Waals surface area contributed by atoms with E-state index < -0.39 is 5.82 Å². The van der Waals surface area contributed by atoms with Gasteiger partial charge in [0.05, 0.1) is 16.8 Å². The predicted molar refractivity (Wildman–Crippen MR) is 121 cm³/mol. The molecular weight excluding hydrogens is 419 g/mol. The maximum absolute atomic E-state index is 14.5. The summed E-state index contributed by atoms with van der Waals surface area (Å²) in [6.45, 7) is 5.66. The Labute approximate surface area is 186 Å². The highest BCUT2D eigenvalue weighted by Gasteiger charge is 2.43. The van der Waals surface area contributed by atoms with Crippen LogP contribution in [0, 0.1) is 5.82 Å².